The van der Waals surface area contributed by atoms with E-state index in [0.29, 0.717) is 12.6 Å². The van der Waals surface area contributed by atoms with Crippen LogP contribution in [0.2, 0.25) is 0 Å². The second kappa shape index (κ2) is 4.28. The van der Waals surface area contributed by atoms with Gasteiger partial charge in [-0.1, -0.05) is 0 Å². The lowest BCUT2D eigenvalue weighted by Gasteiger charge is -2.07. The molecular formula is C9H17N3O. The standard InChI is InChI=1S/C9H17N3O/c1-7-8(2)12(6-4-5-10)9(11-7)13-3/h4-6,10H2,1-3H3. The third-order valence-electron chi connectivity index (χ3n) is 2.19. The minimum absolute atomic E-state index is 0.684. The molecular weight excluding hydrogens is 166 g/mol. The summed E-state index contributed by atoms with van der Waals surface area (Å²) in [5, 5.41) is 0. The number of hydrogen-bond acceptors (Lipinski definition) is 3. The molecule has 4 heteroatoms. The molecule has 13 heavy (non-hydrogen) atoms. The molecule has 0 aliphatic heterocycles. The second-order valence-corrected chi connectivity index (χ2v) is 3.06. The predicted molar refractivity (Wildman–Crippen MR) is 51.9 cm³/mol. The van der Waals surface area contributed by atoms with Gasteiger partial charge in [0.25, 0.3) is 6.01 Å². The van der Waals surface area contributed by atoms with Crippen LogP contribution in [0.25, 0.3) is 0 Å². The van der Waals surface area contributed by atoms with E-state index in [0.717, 1.165) is 24.4 Å². The molecule has 0 amide bonds. The van der Waals surface area contributed by atoms with Gasteiger partial charge in [-0.25, -0.2) is 4.98 Å². The molecule has 1 aromatic rings. The lowest BCUT2D eigenvalue weighted by atomic mass is 10.3. The molecule has 0 aliphatic carbocycles. The summed E-state index contributed by atoms with van der Waals surface area (Å²) in [5.41, 5.74) is 7.63. The van der Waals surface area contributed by atoms with Crippen LogP contribution in [0.4, 0.5) is 0 Å². The van der Waals surface area contributed by atoms with Gasteiger partial charge in [0, 0.05) is 12.2 Å². The maximum atomic E-state index is 5.45. The van der Waals surface area contributed by atoms with Gasteiger partial charge in [-0.2, -0.15) is 0 Å². The molecule has 0 unspecified atom stereocenters. The van der Waals surface area contributed by atoms with Crippen molar-refractivity contribution in [2.75, 3.05) is 13.7 Å². The van der Waals surface area contributed by atoms with Gasteiger partial charge in [0.2, 0.25) is 0 Å². The molecule has 0 spiro atoms. The molecule has 2 N–H and O–H groups in total. The van der Waals surface area contributed by atoms with Crippen molar-refractivity contribution in [3.63, 3.8) is 0 Å². The van der Waals surface area contributed by atoms with E-state index in [1.165, 1.54) is 0 Å². The quantitative estimate of drug-likeness (QED) is 0.753. The number of methoxy groups -OCH3 is 1. The summed E-state index contributed by atoms with van der Waals surface area (Å²) >= 11 is 0. The van der Waals surface area contributed by atoms with Gasteiger partial charge in [0.1, 0.15) is 0 Å². The summed E-state index contributed by atoms with van der Waals surface area (Å²) in [6.07, 6.45) is 0.951. The van der Waals surface area contributed by atoms with Crippen molar-refractivity contribution in [3.8, 4) is 6.01 Å². The molecule has 0 saturated carbocycles. The summed E-state index contributed by atoms with van der Waals surface area (Å²) in [6, 6.07) is 0.684. The van der Waals surface area contributed by atoms with Crippen molar-refractivity contribution in [2.45, 2.75) is 26.8 Å². The number of nitrogens with two attached hydrogens (primary N) is 1. The summed E-state index contributed by atoms with van der Waals surface area (Å²) in [6.45, 7) is 5.60. The molecule has 74 valence electrons. The van der Waals surface area contributed by atoms with Crippen LogP contribution in [0.3, 0.4) is 0 Å². The highest BCUT2D eigenvalue weighted by atomic mass is 16.5. The number of imidazole rings is 1. The van der Waals surface area contributed by atoms with E-state index in [1.807, 2.05) is 13.8 Å². The van der Waals surface area contributed by atoms with Crippen LogP contribution in [0.15, 0.2) is 0 Å². The molecule has 0 atom stereocenters. The zero-order chi connectivity index (χ0) is 9.84. The topological polar surface area (TPSA) is 53.1 Å². The Labute approximate surface area is 78.7 Å². The highest BCUT2D eigenvalue weighted by Crippen LogP contribution is 2.16. The third-order valence-corrected chi connectivity index (χ3v) is 2.19. The van der Waals surface area contributed by atoms with E-state index in [2.05, 4.69) is 9.55 Å². The Morgan fingerprint density at radius 3 is 2.69 bits per heavy atom. The van der Waals surface area contributed by atoms with Gasteiger partial charge < -0.3 is 10.5 Å². The van der Waals surface area contributed by atoms with Gasteiger partial charge in [-0.05, 0) is 26.8 Å². The lowest BCUT2D eigenvalue weighted by molar-refractivity contribution is 0.353. The summed E-state index contributed by atoms with van der Waals surface area (Å²) in [4.78, 5) is 4.28. The molecule has 0 fully saturated rings. The average Bonchev–Trinajstić information content (AvgIpc) is 2.40. The van der Waals surface area contributed by atoms with Crippen LogP contribution in [0, 0.1) is 13.8 Å². The first-order valence-electron chi connectivity index (χ1n) is 4.48. The molecule has 0 aliphatic rings. The number of nitrogens with zero attached hydrogens (tertiary/aromatic N) is 2. The second-order valence-electron chi connectivity index (χ2n) is 3.06. The van der Waals surface area contributed by atoms with Crippen LogP contribution in [0.5, 0.6) is 6.01 Å². The monoisotopic (exact) mass is 183 g/mol. The molecule has 0 bridgehead atoms. The zero-order valence-corrected chi connectivity index (χ0v) is 8.50. The van der Waals surface area contributed by atoms with E-state index in [4.69, 9.17) is 10.5 Å². The smallest absolute Gasteiger partial charge is 0.296 e. The summed E-state index contributed by atoms with van der Waals surface area (Å²) in [5.74, 6) is 0. The maximum absolute atomic E-state index is 5.45. The molecule has 1 aromatic heterocycles. The minimum atomic E-state index is 0.684. The average molecular weight is 183 g/mol. The molecule has 1 heterocycles. The van der Waals surface area contributed by atoms with Crippen LogP contribution >= 0.6 is 0 Å². The van der Waals surface area contributed by atoms with E-state index >= 15 is 0 Å². The SMILES string of the molecule is COc1nc(C)c(C)n1CCCN. The van der Waals surface area contributed by atoms with E-state index in [9.17, 15) is 0 Å². The van der Waals surface area contributed by atoms with Crippen molar-refractivity contribution in [1.82, 2.24) is 9.55 Å². The Balaban J connectivity index is 2.88. The van der Waals surface area contributed by atoms with Gasteiger partial charge in [-0.15, -0.1) is 0 Å². The van der Waals surface area contributed by atoms with Crippen LogP contribution in [-0.2, 0) is 6.54 Å². The number of rotatable bonds is 4. The van der Waals surface area contributed by atoms with Crippen molar-refractivity contribution >= 4 is 0 Å². The van der Waals surface area contributed by atoms with E-state index in [1.54, 1.807) is 7.11 Å². The third kappa shape index (κ3) is 2.01. The van der Waals surface area contributed by atoms with Crippen LogP contribution in [-0.4, -0.2) is 23.2 Å². The molecule has 0 radical (unpaired) electrons. The van der Waals surface area contributed by atoms with Crippen molar-refractivity contribution in [2.24, 2.45) is 5.73 Å². The Morgan fingerprint density at radius 2 is 2.15 bits per heavy atom. The van der Waals surface area contributed by atoms with Gasteiger partial charge >= 0.3 is 0 Å². The molecule has 4 nitrogen and oxygen atoms in total. The first-order valence-corrected chi connectivity index (χ1v) is 4.48. The van der Waals surface area contributed by atoms with Crippen LogP contribution < -0.4 is 10.5 Å². The normalized spacial score (nSPS) is 10.5. The van der Waals surface area contributed by atoms with Crippen LogP contribution in [0.1, 0.15) is 17.8 Å². The number of aromatic nitrogens is 2. The first kappa shape index (κ1) is 10.1. The lowest BCUT2D eigenvalue weighted by Crippen LogP contribution is -2.08. The number of aryl methyl sites for hydroxylation is 1. The minimum Gasteiger partial charge on any atom is -0.468 e. The Hall–Kier alpha value is -1.03. The Morgan fingerprint density at radius 1 is 1.46 bits per heavy atom. The zero-order valence-electron chi connectivity index (χ0n) is 8.50. The van der Waals surface area contributed by atoms with Gasteiger partial charge in [0.15, 0.2) is 0 Å². The maximum Gasteiger partial charge on any atom is 0.296 e. The molecule has 0 aromatic carbocycles. The summed E-state index contributed by atoms with van der Waals surface area (Å²) < 4.78 is 7.21. The number of hydrogen-bond donors (Lipinski definition) is 1. The van der Waals surface area contributed by atoms with E-state index < -0.39 is 0 Å². The highest BCUT2D eigenvalue weighted by molar-refractivity contribution is 5.17. The summed E-state index contributed by atoms with van der Waals surface area (Å²) in [7, 11) is 1.64. The Kier molecular flexibility index (Phi) is 3.31. The van der Waals surface area contributed by atoms with Gasteiger partial charge in [-0.3, -0.25) is 4.57 Å². The fraction of sp³-hybridized carbons (Fsp3) is 0.667. The van der Waals surface area contributed by atoms with Crippen molar-refractivity contribution < 1.29 is 4.74 Å². The largest absolute Gasteiger partial charge is 0.468 e. The Bertz CT molecular complexity index is 281. The molecule has 0 saturated heterocycles. The van der Waals surface area contributed by atoms with Crippen molar-refractivity contribution in [1.29, 1.82) is 0 Å². The van der Waals surface area contributed by atoms with E-state index in [-0.39, 0.29) is 0 Å². The van der Waals surface area contributed by atoms with Gasteiger partial charge in [0.05, 0.1) is 12.8 Å². The fourth-order valence-electron chi connectivity index (χ4n) is 1.29. The molecule has 1 rings (SSSR count). The predicted octanol–water partition coefficient (Wildman–Crippen LogP) is 0.857. The fourth-order valence-corrected chi connectivity index (χ4v) is 1.29. The first-order chi connectivity index (χ1) is 6.20. The van der Waals surface area contributed by atoms with Crippen molar-refractivity contribution in [3.05, 3.63) is 11.4 Å². The highest BCUT2D eigenvalue weighted by Gasteiger charge is 2.09. The number of ether oxygens (including phenoxy) is 1.